The highest BCUT2D eigenvalue weighted by Crippen LogP contribution is 2.23. The molecule has 11 heavy (non-hydrogen) atoms. The smallest absolute Gasteiger partial charge is 0.0839 e. The summed E-state index contributed by atoms with van der Waals surface area (Å²) in [5.41, 5.74) is 1.23. The fraction of sp³-hybridized carbons (Fsp3) is 0.600. The second-order valence-corrected chi connectivity index (χ2v) is 3.39. The minimum absolute atomic E-state index is 0.103. The molecule has 0 spiro atoms. The molecule has 0 aliphatic carbocycles. The van der Waals surface area contributed by atoms with Gasteiger partial charge in [0.05, 0.1) is 12.2 Å². The van der Waals surface area contributed by atoms with Gasteiger partial charge in [-0.25, -0.2) is 0 Å². The van der Waals surface area contributed by atoms with Gasteiger partial charge in [0.2, 0.25) is 0 Å². The minimum Gasteiger partial charge on any atom is -0.367 e. The van der Waals surface area contributed by atoms with Gasteiger partial charge in [0.15, 0.2) is 0 Å². The lowest BCUT2D eigenvalue weighted by Gasteiger charge is -2.23. The Kier molecular flexibility index (Phi) is 2.50. The van der Waals surface area contributed by atoms with E-state index in [0.29, 0.717) is 0 Å². The molecular weight excluding hydrogens is 136 g/mol. The molecule has 1 heterocycles. The van der Waals surface area contributed by atoms with Gasteiger partial charge in [-0.15, -0.1) is 6.58 Å². The number of allylic oxidation sites excluding steroid dienone is 1. The molecule has 0 saturated carbocycles. The molecule has 0 saturated heterocycles. The Hall–Kier alpha value is -0.560. The zero-order chi connectivity index (χ0) is 8.32. The van der Waals surface area contributed by atoms with Crippen LogP contribution in [-0.4, -0.2) is 12.2 Å². The highest BCUT2D eigenvalue weighted by molar-refractivity contribution is 5.05. The predicted octanol–water partition coefficient (Wildman–Crippen LogP) is 2.69. The van der Waals surface area contributed by atoms with Crippen molar-refractivity contribution in [3.8, 4) is 0 Å². The van der Waals surface area contributed by atoms with Crippen LogP contribution in [0.5, 0.6) is 0 Å². The van der Waals surface area contributed by atoms with Crippen molar-refractivity contribution >= 4 is 0 Å². The second kappa shape index (κ2) is 3.22. The third kappa shape index (κ3) is 2.19. The third-order valence-electron chi connectivity index (χ3n) is 2.19. The molecule has 62 valence electrons. The fourth-order valence-corrected chi connectivity index (χ4v) is 1.18. The minimum atomic E-state index is -0.103. The summed E-state index contributed by atoms with van der Waals surface area (Å²) >= 11 is 0. The lowest BCUT2D eigenvalue weighted by molar-refractivity contribution is 0.0187. The van der Waals surface area contributed by atoms with Crippen molar-refractivity contribution in [2.45, 2.75) is 32.3 Å². The van der Waals surface area contributed by atoms with E-state index in [1.807, 2.05) is 6.08 Å². The predicted molar refractivity (Wildman–Crippen MR) is 47.5 cm³/mol. The molecule has 0 fully saturated rings. The van der Waals surface area contributed by atoms with E-state index in [-0.39, 0.29) is 5.60 Å². The number of rotatable bonds is 1. The molecule has 1 aliphatic rings. The molecule has 0 aromatic rings. The first-order valence-corrected chi connectivity index (χ1v) is 4.09. The van der Waals surface area contributed by atoms with Crippen molar-refractivity contribution in [2.75, 3.05) is 6.61 Å². The van der Waals surface area contributed by atoms with Gasteiger partial charge in [-0.2, -0.15) is 0 Å². The Morgan fingerprint density at radius 3 is 3.09 bits per heavy atom. The van der Waals surface area contributed by atoms with Crippen molar-refractivity contribution in [2.24, 2.45) is 0 Å². The van der Waals surface area contributed by atoms with Crippen molar-refractivity contribution in [3.63, 3.8) is 0 Å². The van der Waals surface area contributed by atoms with Gasteiger partial charge in [-0.05, 0) is 26.7 Å². The van der Waals surface area contributed by atoms with E-state index in [0.717, 1.165) is 19.4 Å². The van der Waals surface area contributed by atoms with E-state index in [2.05, 4.69) is 26.5 Å². The summed E-state index contributed by atoms with van der Waals surface area (Å²) in [6.07, 6.45) is 6.30. The normalized spacial score (nSPS) is 32.4. The van der Waals surface area contributed by atoms with Crippen LogP contribution in [-0.2, 0) is 4.74 Å². The molecule has 0 bridgehead atoms. The first-order valence-electron chi connectivity index (χ1n) is 4.09. The molecule has 0 aromatic carbocycles. The summed E-state index contributed by atoms with van der Waals surface area (Å²) in [6, 6.07) is 0. The van der Waals surface area contributed by atoms with Crippen LogP contribution in [0.15, 0.2) is 24.3 Å². The van der Waals surface area contributed by atoms with Gasteiger partial charge in [0.25, 0.3) is 0 Å². The van der Waals surface area contributed by atoms with E-state index in [9.17, 15) is 0 Å². The molecule has 0 N–H and O–H groups in total. The lowest BCUT2D eigenvalue weighted by atomic mass is 10.0. The quantitative estimate of drug-likeness (QED) is 0.525. The van der Waals surface area contributed by atoms with Crippen LogP contribution >= 0.6 is 0 Å². The van der Waals surface area contributed by atoms with Crippen LogP contribution in [0, 0.1) is 0 Å². The van der Waals surface area contributed by atoms with Crippen molar-refractivity contribution < 1.29 is 4.74 Å². The van der Waals surface area contributed by atoms with Crippen LogP contribution in [0.3, 0.4) is 0 Å². The van der Waals surface area contributed by atoms with Crippen molar-refractivity contribution in [3.05, 3.63) is 24.3 Å². The summed E-state index contributed by atoms with van der Waals surface area (Å²) in [7, 11) is 0. The van der Waals surface area contributed by atoms with E-state index in [1.165, 1.54) is 5.57 Å². The highest BCUT2D eigenvalue weighted by atomic mass is 16.5. The summed E-state index contributed by atoms with van der Waals surface area (Å²) in [4.78, 5) is 0. The second-order valence-electron chi connectivity index (χ2n) is 3.39. The SMILES string of the molecule is C=C[C@]1(C)CCC=C(C)CO1. The fourth-order valence-electron chi connectivity index (χ4n) is 1.18. The Morgan fingerprint density at radius 1 is 1.73 bits per heavy atom. The highest BCUT2D eigenvalue weighted by Gasteiger charge is 2.21. The van der Waals surface area contributed by atoms with E-state index >= 15 is 0 Å². The van der Waals surface area contributed by atoms with Gasteiger partial charge in [0, 0.05) is 0 Å². The Labute approximate surface area is 68.8 Å². The van der Waals surface area contributed by atoms with Crippen molar-refractivity contribution in [1.82, 2.24) is 0 Å². The van der Waals surface area contributed by atoms with Gasteiger partial charge in [0.1, 0.15) is 0 Å². The van der Waals surface area contributed by atoms with Crippen LogP contribution < -0.4 is 0 Å². The summed E-state index contributed by atoms with van der Waals surface area (Å²) in [5.74, 6) is 0. The largest absolute Gasteiger partial charge is 0.367 e. The van der Waals surface area contributed by atoms with Gasteiger partial charge >= 0.3 is 0 Å². The van der Waals surface area contributed by atoms with Crippen LogP contribution in [0.2, 0.25) is 0 Å². The van der Waals surface area contributed by atoms with Crippen LogP contribution in [0.1, 0.15) is 26.7 Å². The molecule has 1 heteroatoms. The topological polar surface area (TPSA) is 9.23 Å². The third-order valence-corrected chi connectivity index (χ3v) is 2.19. The van der Waals surface area contributed by atoms with Crippen LogP contribution in [0.4, 0.5) is 0 Å². The molecule has 1 atom stereocenters. The summed E-state index contributed by atoms with van der Waals surface area (Å²) < 4.78 is 5.67. The molecule has 0 radical (unpaired) electrons. The number of hydrogen-bond acceptors (Lipinski definition) is 1. The Balaban J connectivity index is 2.60. The standard InChI is InChI=1S/C10H16O/c1-4-10(3)7-5-6-9(2)8-11-10/h4,6H,1,5,7-8H2,2-3H3/t10-/m1/s1. The molecule has 1 rings (SSSR count). The Bertz CT molecular complexity index is 181. The first kappa shape index (κ1) is 8.54. The Morgan fingerprint density at radius 2 is 2.45 bits per heavy atom. The maximum Gasteiger partial charge on any atom is 0.0839 e. The monoisotopic (exact) mass is 152 g/mol. The average molecular weight is 152 g/mol. The zero-order valence-corrected chi connectivity index (χ0v) is 7.39. The zero-order valence-electron chi connectivity index (χ0n) is 7.39. The molecule has 1 aliphatic heterocycles. The maximum absolute atomic E-state index is 5.67. The molecule has 0 unspecified atom stereocenters. The van der Waals surface area contributed by atoms with Crippen molar-refractivity contribution in [1.29, 1.82) is 0 Å². The molecule has 1 nitrogen and oxygen atoms in total. The summed E-state index contributed by atoms with van der Waals surface area (Å²) in [6.45, 7) is 8.72. The maximum atomic E-state index is 5.67. The molecular formula is C10H16O. The van der Waals surface area contributed by atoms with E-state index < -0.39 is 0 Å². The van der Waals surface area contributed by atoms with Gasteiger partial charge < -0.3 is 4.74 Å². The van der Waals surface area contributed by atoms with Crippen LogP contribution in [0.25, 0.3) is 0 Å². The first-order chi connectivity index (χ1) is 5.16. The molecule has 0 amide bonds. The number of hydrogen-bond donors (Lipinski definition) is 0. The molecule has 0 aromatic heterocycles. The average Bonchev–Trinajstić information content (AvgIpc) is 2.15. The summed E-state index contributed by atoms with van der Waals surface area (Å²) in [5, 5.41) is 0. The lowest BCUT2D eigenvalue weighted by Crippen LogP contribution is -2.24. The van der Waals surface area contributed by atoms with Gasteiger partial charge in [-0.1, -0.05) is 17.7 Å². The van der Waals surface area contributed by atoms with E-state index in [1.54, 1.807) is 0 Å². The number of ether oxygens (including phenoxy) is 1. The van der Waals surface area contributed by atoms with E-state index in [4.69, 9.17) is 4.74 Å². The van der Waals surface area contributed by atoms with Gasteiger partial charge in [-0.3, -0.25) is 0 Å².